The molecule has 0 aliphatic carbocycles. The zero-order valence-corrected chi connectivity index (χ0v) is 15.2. The molecular weight excluding hydrogens is 400 g/mol. The Morgan fingerprint density at radius 3 is 2.26 bits per heavy atom. The average molecular weight is 413 g/mol. The van der Waals surface area contributed by atoms with Crippen molar-refractivity contribution in [3.63, 3.8) is 0 Å². The Kier molecular flexibility index (Phi) is 6.69. The van der Waals surface area contributed by atoms with Crippen molar-refractivity contribution in [2.75, 3.05) is 0 Å². The monoisotopic (exact) mass is 411 g/mol. The molecule has 120 valence electrons. The van der Waals surface area contributed by atoms with E-state index >= 15 is 0 Å². The normalized spacial score (nSPS) is 11.9. The van der Waals surface area contributed by atoms with E-state index in [1.165, 1.54) is 11.8 Å². The van der Waals surface area contributed by atoms with Gasteiger partial charge < -0.3 is 9.90 Å². The van der Waals surface area contributed by atoms with E-state index in [1.807, 2.05) is 12.1 Å². The van der Waals surface area contributed by atoms with Crippen molar-refractivity contribution in [3.8, 4) is 0 Å². The van der Waals surface area contributed by atoms with Gasteiger partial charge >= 0.3 is 0 Å². The summed E-state index contributed by atoms with van der Waals surface area (Å²) >= 11 is 10.3. The first-order valence-electron chi connectivity index (χ1n) is 6.81. The summed E-state index contributed by atoms with van der Waals surface area (Å²) in [6.45, 7) is 0. The van der Waals surface area contributed by atoms with Crippen LogP contribution < -0.4 is 5.11 Å². The highest BCUT2D eigenvalue weighted by Gasteiger charge is 2.17. The van der Waals surface area contributed by atoms with E-state index in [1.54, 1.807) is 36.4 Å². The number of thioether (sulfide) groups is 1. The van der Waals surface area contributed by atoms with Gasteiger partial charge in [0.15, 0.2) is 5.78 Å². The highest BCUT2D eigenvalue weighted by Crippen LogP contribution is 2.23. The third-order valence-electron chi connectivity index (χ3n) is 3.16. The Hall–Kier alpha value is -1.30. The minimum Gasteiger partial charge on any atom is -0.549 e. The van der Waals surface area contributed by atoms with E-state index in [0.29, 0.717) is 16.3 Å². The lowest BCUT2D eigenvalue weighted by Gasteiger charge is -2.17. The number of carbonyl (C=O) groups excluding carboxylic acids is 2. The third-order valence-corrected chi connectivity index (χ3v) is 5.21. The van der Waals surface area contributed by atoms with Gasteiger partial charge in [-0.25, -0.2) is 0 Å². The van der Waals surface area contributed by atoms with Gasteiger partial charge in [0.05, 0.1) is 11.2 Å². The molecule has 2 aromatic carbocycles. The Morgan fingerprint density at radius 1 is 1.09 bits per heavy atom. The zero-order valence-electron chi connectivity index (χ0n) is 12.0. The predicted molar refractivity (Wildman–Crippen MR) is 94.6 cm³/mol. The Labute approximate surface area is 152 Å². The molecule has 0 amide bonds. The first kappa shape index (κ1) is 18.0. The minimum absolute atomic E-state index is 0.0950. The Balaban J connectivity index is 1.98. The van der Waals surface area contributed by atoms with E-state index in [9.17, 15) is 14.7 Å². The van der Waals surface area contributed by atoms with E-state index in [-0.39, 0.29) is 12.2 Å². The number of aliphatic carboxylic acids is 1. The van der Waals surface area contributed by atoms with Gasteiger partial charge in [0, 0.05) is 27.2 Å². The van der Waals surface area contributed by atoms with Crippen LogP contribution in [-0.4, -0.2) is 17.0 Å². The number of hydrogen-bond donors (Lipinski definition) is 0. The number of hydrogen-bond acceptors (Lipinski definition) is 4. The molecule has 3 nitrogen and oxygen atoms in total. The molecule has 0 saturated heterocycles. The molecule has 0 heterocycles. The van der Waals surface area contributed by atoms with E-state index < -0.39 is 11.2 Å². The van der Waals surface area contributed by atoms with Crippen LogP contribution >= 0.6 is 39.3 Å². The number of carbonyl (C=O) groups is 2. The standard InChI is InChI=1S/C17H14BrClO3S/c18-13-5-3-12(4-6-13)15(20)9-16(17(21)22)23-10-11-1-7-14(19)8-2-11/h1-8,16H,9-10H2,(H,21,22)/p-1/t16-/m1/s1. The van der Waals surface area contributed by atoms with Crippen molar-refractivity contribution < 1.29 is 14.7 Å². The molecule has 6 heteroatoms. The molecular formula is C17H13BrClO3S-. The van der Waals surface area contributed by atoms with Gasteiger partial charge in [0.1, 0.15) is 0 Å². The third kappa shape index (κ3) is 5.68. The second-order valence-electron chi connectivity index (χ2n) is 4.88. The topological polar surface area (TPSA) is 57.2 Å². The van der Waals surface area contributed by atoms with Gasteiger partial charge in [-0.3, -0.25) is 4.79 Å². The van der Waals surface area contributed by atoms with Crippen molar-refractivity contribution in [1.29, 1.82) is 0 Å². The molecule has 0 aromatic heterocycles. The maximum absolute atomic E-state index is 12.2. The SMILES string of the molecule is O=C(C[C@@H](SCc1ccc(Cl)cc1)C(=O)[O-])c1ccc(Br)cc1. The Bertz CT molecular complexity index is 686. The van der Waals surface area contributed by atoms with Crippen LogP contribution in [0.3, 0.4) is 0 Å². The number of Topliss-reactive ketones (excluding diaryl/α,β-unsaturated/α-hetero) is 1. The Morgan fingerprint density at radius 2 is 1.70 bits per heavy atom. The lowest BCUT2D eigenvalue weighted by atomic mass is 10.1. The summed E-state index contributed by atoms with van der Waals surface area (Å²) < 4.78 is 0.864. The largest absolute Gasteiger partial charge is 0.549 e. The van der Waals surface area contributed by atoms with Gasteiger partial charge in [0.25, 0.3) is 0 Å². The summed E-state index contributed by atoms with van der Waals surface area (Å²) in [4.78, 5) is 23.5. The van der Waals surface area contributed by atoms with Gasteiger partial charge in [-0.2, -0.15) is 0 Å². The van der Waals surface area contributed by atoms with E-state index in [4.69, 9.17) is 11.6 Å². The van der Waals surface area contributed by atoms with Gasteiger partial charge in [-0.05, 0) is 29.8 Å². The van der Waals surface area contributed by atoms with Crippen molar-refractivity contribution in [3.05, 3.63) is 69.2 Å². The molecule has 0 N–H and O–H groups in total. The first-order chi connectivity index (χ1) is 11.0. The second kappa shape index (κ2) is 8.52. The number of carboxylic acids is 1. The molecule has 0 aliphatic rings. The molecule has 0 unspecified atom stereocenters. The predicted octanol–water partition coefficient (Wildman–Crippen LogP) is 3.73. The van der Waals surface area contributed by atoms with Crippen molar-refractivity contribution in [2.24, 2.45) is 0 Å². The highest BCUT2D eigenvalue weighted by atomic mass is 79.9. The maximum atomic E-state index is 12.2. The minimum atomic E-state index is -1.23. The fraction of sp³-hybridized carbons (Fsp3) is 0.176. The van der Waals surface area contributed by atoms with Crippen LogP contribution in [0.5, 0.6) is 0 Å². The van der Waals surface area contributed by atoms with Crippen molar-refractivity contribution in [1.82, 2.24) is 0 Å². The summed E-state index contributed by atoms with van der Waals surface area (Å²) in [5.74, 6) is -0.964. The summed E-state index contributed by atoms with van der Waals surface area (Å²) in [5, 5.41) is 11.0. The molecule has 0 fully saturated rings. The molecule has 0 aliphatic heterocycles. The molecule has 2 aromatic rings. The van der Waals surface area contributed by atoms with Gasteiger partial charge in [-0.15, -0.1) is 11.8 Å². The molecule has 2 rings (SSSR count). The van der Waals surface area contributed by atoms with Crippen LogP contribution in [0.15, 0.2) is 53.0 Å². The van der Waals surface area contributed by atoms with Crippen LogP contribution in [0.1, 0.15) is 22.3 Å². The number of rotatable bonds is 7. The molecule has 0 spiro atoms. The van der Waals surface area contributed by atoms with Gasteiger partial charge in [0.2, 0.25) is 0 Å². The number of halogens is 2. The first-order valence-corrected chi connectivity index (χ1v) is 9.03. The molecule has 0 saturated carbocycles. The number of benzene rings is 2. The van der Waals surface area contributed by atoms with Crippen LogP contribution in [0.25, 0.3) is 0 Å². The molecule has 0 radical (unpaired) electrons. The van der Waals surface area contributed by atoms with Crippen molar-refractivity contribution >= 4 is 51.0 Å². The van der Waals surface area contributed by atoms with E-state index in [2.05, 4.69) is 15.9 Å². The lowest BCUT2D eigenvalue weighted by Crippen LogP contribution is -2.35. The fourth-order valence-corrected chi connectivity index (χ4v) is 3.29. The zero-order chi connectivity index (χ0) is 16.8. The van der Waals surface area contributed by atoms with Gasteiger partial charge in [-0.1, -0.05) is 51.8 Å². The average Bonchev–Trinajstić information content (AvgIpc) is 2.53. The number of carboxylic acid groups (broad SMARTS) is 1. The molecule has 0 bridgehead atoms. The second-order valence-corrected chi connectivity index (χ2v) is 7.42. The smallest absolute Gasteiger partial charge is 0.164 e. The molecule has 1 atom stereocenters. The molecule has 23 heavy (non-hydrogen) atoms. The van der Waals surface area contributed by atoms with Crippen LogP contribution in [-0.2, 0) is 10.5 Å². The number of ketones is 1. The lowest BCUT2D eigenvalue weighted by molar-refractivity contribution is -0.304. The van der Waals surface area contributed by atoms with Crippen LogP contribution in [0.2, 0.25) is 5.02 Å². The summed E-state index contributed by atoms with van der Waals surface area (Å²) in [6, 6.07) is 14.0. The summed E-state index contributed by atoms with van der Waals surface area (Å²) in [5.41, 5.74) is 1.44. The fourth-order valence-electron chi connectivity index (χ4n) is 1.91. The highest BCUT2D eigenvalue weighted by molar-refractivity contribution is 9.10. The summed E-state index contributed by atoms with van der Waals surface area (Å²) in [7, 11) is 0. The van der Waals surface area contributed by atoms with Crippen molar-refractivity contribution in [2.45, 2.75) is 17.4 Å². The van der Waals surface area contributed by atoms with Crippen LogP contribution in [0.4, 0.5) is 0 Å². The summed E-state index contributed by atoms with van der Waals surface area (Å²) in [6.07, 6.45) is -0.0950. The van der Waals surface area contributed by atoms with E-state index in [0.717, 1.165) is 10.0 Å². The van der Waals surface area contributed by atoms with Crippen LogP contribution in [0, 0.1) is 0 Å². The quantitative estimate of drug-likeness (QED) is 0.650. The maximum Gasteiger partial charge on any atom is 0.164 e.